The number of rotatable bonds is 4. The maximum Gasteiger partial charge on any atom is 0.326 e. The highest BCUT2D eigenvalue weighted by Crippen LogP contribution is 2.13. The highest BCUT2D eigenvalue weighted by molar-refractivity contribution is 5.81. The summed E-state index contributed by atoms with van der Waals surface area (Å²) >= 11 is 0. The lowest BCUT2D eigenvalue weighted by atomic mass is 10.1. The van der Waals surface area contributed by atoms with E-state index in [1.54, 1.807) is 26.0 Å². The number of carbonyl (C=O) groups excluding carboxylic acids is 1. The molecule has 0 fully saturated rings. The van der Waals surface area contributed by atoms with E-state index in [4.69, 9.17) is 10.5 Å². The molecule has 106 valence electrons. The Bertz CT molecular complexity index is 689. The number of aromatic nitrogens is 1. The van der Waals surface area contributed by atoms with Crippen LogP contribution in [0.25, 0.3) is 10.9 Å². The molecule has 0 saturated heterocycles. The molecule has 5 nitrogen and oxygen atoms in total. The zero-order chi connectivity index (χ0) is 14.7. The lowest BCUT2D eigenvalue weighted by Crippen LogP contribution is -2.30. The number of nitrogens with two attached hydrogens (primary N) is 1. The molecule has 0 amide bonds. The molecule has 0 radical (unpaired) electrons. The van der Waals surface area contributed by atoms with Gasteiger partial charge in [0.05, 0.1) is 11.6 Å². The zero-order valence-corrected chi connectivity index (χ0v) is 11.6. The van der Waals surface area contributed by atoms with Crippen LogP contribution in [-0.4, -0.2) is 16.6 Å². The first-order chi connectivity index (χ1) is 9.52. The van der Waals surface area contributed by atoms with E-state index in [0.717, 1.165) is 5.39 Å². The van der Waals surface area contributed by atoms with Crippen molar-refractivity contribution in [2.24, 2.45) is 5.73 Å². The highest BCUT2D eigenvalue weighted by atomic mass is 16.5. The normalized spacial score (nSPS) is 11.0. The number of para-hydroxylation sites is 1. The van der Waals surface area contributed by atoms with E-state index in [1.165, 1.54) is 4.57 Å². The van der Waals surface area contributed by atoms with Gasteiger partial charge >= 0.3 is 5.97 Å². The molecule has 0 unspecified atom stereocenters. The molecule has 2 aromatic rings. The van der Waals surface area contributed by atoms with Crippen LogP contribution >= 0.6 is 0 Å². The minimum atomic E-state index is -0.429. The number of carbonyl (C=O) groups is 1. The molecule has 0 aliphatic heterocycles. The third-order valence-electron chi connectivity index (χ3n) is 2.95. The molecule has 0 aliphatic carbocycles. The van der Waals surface area contributed by atoms with Crippen molar-refractivity contribution in [3.05, 3.63) is 46.2 Å². The van der Waals surface area contributed by atoms with Crippen LogP contribution in [-0.2, 0) is 22.6 Å². The van der Waals surface area contributed by atoms with E-state index in [9.17, 15) is 9.59 Å². The summed E-state index contributed by atoms with van der Waals surface area (Å²) in [5.41, 5.74) is 6.54. The highest BCUT2D eigenvalue weighted by Gasteiger charge is 2.13. The first-order valence-corrected chi connectivity index (χ1v) is 6.54. The predicted molar refractivity (Wildman–Crippen MR) is 77.3 cm³/mol. The molecule has 0 aliphatic rings. The summed E-state index contributed by atoms with van der Waals surface area (Å²) in [6, 6.07) is 9.16. The monoisotopic (exact) mass is 274 g/mol. The fourth-order valence-electron chi connectivity index (χ4n) is 2.12. The number of ether oxygens (including phenoxy) is 1. The van der Waals surface area contributed by atoms with Crippen molar-refractivity contribution in [1.29, 1.82) is 0 Å². The molecule has 0 atom stereocenters. The van der Waals surface area contributed by atoms with Gasteiger partial charge in [-0.3, -0.25) is 14.2 Å². The Morgan fingerprint density at radius 3 is 2.70 bits per heavy atom. The van der Waals surface area contributed by atoms with E-state index < -0.39 is 5.97 Å². The van der Waals surface area contributed by atoms with Crippen molar-refractivity contribution in [3.63, 3.8) is 0 Å². The fourth-order valence-corrected chi connectivity index (χ4v) is 2.12. The van der Waals surface area contributed by atoms with Gasteiger partial charge in [-0.25, -0.2) is 0 Å². The van der Waals surface area contributed by atoms with Gasteiger partial charge in [-0.1, -0.05) is 18.2 Å². The average molecular weight is 274 g/mol. The molecule has 1 aromatic carbocycles. The Morgan fingerprint density at radius 2 is 2.05 bits per heavy atom. The Morgan fingerprint density at radius 1 is 1.35 bits per heavy atom. The molecule has 1 heterocycles. The van der Waals surface area contributed by atoms with Crippen molar-refractivity contribution in [2.75, 3.05) is 0 Å². The second kappa shape index (κ2) is 5.88. The maximum atomic E-state index is 12.3. The van der Waals surface area contributed by atoms with E-state index in [2.05, 4.69) is 0 Å². The van der Waals surface area contributed by atoms with E-state index >= 15 is 0 Å². The molecule has 5 heteroatoms. The Hall–Kier alpha value is -2.14. The summed E-state index contributed by atoms with van der Waals surface area (Å²) < 4.78 is 6.52. The van der Waals surface area contributed by atoms with Crippen molar-refractivity contribution in [1.82, 2.24) is 4.57 Å². The summed E-state index contributed by atoms with van der Waals surface area (Å²) in [5.74, 6) is -0.429. The topological polar surface area (TPSA) is 74.3 Å². The molecule has 2 rings (SSSR count). The van der Waals surface area contributed by atoms with E-state index in [-0.39, 0.29) is 24.8 Å². The second-order valence-corrected chi connectivity index (χ2v) is 4.86. The van der Waals surface area contributed by atoms with Gasteiger partial charge in [0.25, 0.3) is 5.56 Å². The van der Waals surface area contributed by atoms with Crippen LogP contribution in [0.3, 0.4) is 0 Å². The van der Waals surface area contributed by atoms with Gasteiger partial charge < -0.3 is 10.5 Å². The van der Waals surface area contributed by atoms with Gasteiger partial charge in [0.15, 0.2) is 0 Å². The van der Waals surface area contributed by atoms with Crippen molar-refractivity contribution >= 4 is 16.9 Å². The van der Waals surface area contributed by atoms with Crippen LogP contribution in [0.4, 0.5) is 0 Å². The standard InChI is InChI=1S/C15H18N2O3/c1-10(2)20-14(18)9-17-13-6-4-3-5-11(13)7-12(8-16)15(17)19/h3-7,10H,8-9,16H2,1-2H3. The van der Waals surface area contributed by atoms with Gasteiger partial charge in [-0.2, -0.15) is 0 Å². The number of benzene rings is 1. The summed E-state index contributed by atoms with van der Waals surface area (Å²) in [5, 5.41) is 0.880. The number of esters is 1. The van der Waals surface area contributed by atoms with Crippen LogP contribution in [0.5, 0.6) is 0 Å². The smallest absolute Gasteiger partial charge is 0.326 e. The number of nitrogens with zero attached hydrogens (tertiary/aromatic N) is 1. The van der Waals surface area contributed by atoms with Crippen LogP contribution in [0.2, 0.25) is 0 Å². The molecule has 0 saturated carbocycles. The lowest BCUT2D eigenvalue weighted by molar-refractivity contribution is -0.148. The first kappa shape index (κ1) is 14.3. The Labute approximate surface area is 117 Å². The fraction of sp³-hybridized carbons (Fsp3) is 0.333. The molecule has 20 heavy (non-hydrogen) atoms. The number of hydrogen-bond acceptors (Lipinski definition) is 4. The van der Waals surface area contributed by atoms with Crippen LogP contribution in [0.15, 0.2) is 35.1 Å². The number of pyridine rings is 1. The maximum absolute atomic E-state index is 12.3. The summed E-state index contributed by atoms with van der Waals surface area (Å²) in [6.07, 6.45) is -0.206. The minimum Gasteiger partial charge on any atom is -0.462 e. The quantitative estimate of drug-likeness (QED) is 0.855. The number of fused-ring (bicyclic) bond motifs is 1. The van der Waals surface area contributed by atoms with Crippen molar-refractivity contribution in [2.45, 2.75) is 33.0 Å². The summed E-state index contributed by atoms with van der Waals surface area (Å²) in [4.78, 5) is 24.1. The van der Waals surface area contributed by atoms with Crippen LogP contribution < -0.4 is 11.3 Å². The molecule has 0 bridgehead atoms. The molecule has 0 spiro atoms. The van der Waals surface area contributed by atoms with Gasteiger partial charge in [0.2, 0.25) is 0 Å². The summed E-state index contributed by atoms with van der Waals surface area (Å²) in [6.45, 7) is 3.58. The molecule has 2 N–H and O–H groups in total. The molecular formula is C15H18N2O3. The SMILES string of the molecule is CC(C)OC(=O)Cn1c(=O)c(CN)cc2ccccc21. The van der Waals surface area contributed by atoms with Gasteiger partial charge in [-0.15, -0.1) is 0 Å². The predicted octanol–water partition coefficient (Wildman–Crippen LogP) is 1.41. The van der Waals surface area contributed by atoms with Gasteiger partial charge in [0.1, 0.15) is 6.54 Å². The minimum absolute atomic E-state index is 0.106. The van der Waals surface area contributed by atoms with Gasteiger partial charge in [0, 0.05) is 12.1 Å². The van der Waals surface area contributed by atoms with Gasteiger partial charge in [-0.05, 0) is 31.4 Å². The second-order valence-electron chi connectivity index (χ2n) is 4.86. The third-order valence-corrected chi connectivity index (χ3v) is 2.95. The molecular weight excluding hydrogens is 256 g/mol. The van der Waals surface area contributed by atoms with Crippen LogP contribution in [0, 0.1) is 0 Å². The van der Waals surface area contributed by atoms with E-state index in [0.29, 0.717) is 11.1 Å². The van der Waals surface area contributed by atoms with Crippen molar-refractivity contribution < 1.29 is 9.53 Å². The first-order valence-electron chi connectivity index (χ1n) is 6.54. The van der Waals surface area contributed by atoms with Crippen LogP contribution in [0.1, 0.15) is 19.4 Å². The average Bonchev–Trinajstić information content (AvgIpc) is 2.40. The largest absolute Gasteiger partial charge is 0.462 e. The zero-order valence-electron chi connectivity index (χ0n) is 11.6. The third kappa shape index (κ3) is 2.88. The Kier molecular flexibility index (Phi) is 4.20. The number of hydrogen-bond donors (Lipinski definition) is 1. The molecule has 1 aromatic heterocycles. The summed E-state index contributed by atoms with van der Waals surface area (Å²) in [7, 11) is 0. The Balaban J connectivity index is 2.52. The van der Waals surface area contributed by atoms with Crippen molar-refractivity contribution in [3.8, 4) is 0 Å². The van der Waals surface area contributed by atoms with E-state index in [1.807, 2.05) is 18.2 Å². The lowest BCUT2D eigenvalue weighted by Gasteiger charge is -2.13.